The summed E-state index contributed by atoms with van der Waals surface area (Å²) in [6, 6.07) is 16.4. The molecule has 142 valence electrons. The molecule has 6 nitrogen and oxygen atoms in total. The number of carboxylic acids is 1. The fraction of sp³-hybridized carbons (Fsp3) is 0.286. The van der Waals surface area contributed by atoms with Gasteiger partial charge < -0.3 is 15.3 Å². The van der Waals surface area contributed by atoms with E-state index >= 15 is 0 Å². The molecule has 27 heavy (non-hydrogen) atoms. The average molecular weight is 368 g/mol. The Bertz CT molecular complexity index is 773. The van der Waals surface area contributed by atoms with E-state index in [9.17, 15) is 14.4 Å². The van der Waals surface area contributed by atoms with Gasteiger partial charge in [-0.2, -0.15) is 0 Å². The highest BCUT2D eigenvalue weighted by Gasteiger charge is 2.13. The van der Waals surface area contributed by atoms with Gasteiger partial charge in [-0.05, 0) is 36.1 Å². The van der Waals surface area contributed by atoms with Gasteiger partial charge in [0.05, 0.1) is 12.1 Å². The van der Waals surface area contributed by atoms with E-state index in [1.54, 1.807) is 24.3 Å². The topological polar surface area (TPSA) is 86.7 Å². The second kappa shape index (κ2) is 10.1. The van der Waals surface area contributed by atoms with Crippen LogP contribution in [0.4, 0.5) is 0 Å². The minimum absolute atomic E-state index is 0.0279. The second-order valence-corrected chi connectivity index (χ2v) is 6.28. The maximum Gasteiger partial charge on any atom is 0.335 e. The van der Waals surface area contributed by atoms with Crippen molar-refractivity contribution in [3.8, 4) is 0 Å². The fourth-order valence-corrected chi connectivity index (χ4v) is 2.65. The number of carbonyl (C=O) groups excluding carboxylic acids is 2. The molecule has 2 N–H and O–H groups in total. The molecule has 0 atom stereocenters. The van der Waals surface area contributed by atoms with Gasteiger partial charge in [-0.1, -0.05) is 42.5 Å². The zero-order valence-electron chi connectivity index (χ0n) is 15.4. The molecule has 0 aromatic heterocycles. The van der Waals surface area contributed by atoms with Gasteiger partial charge in [0.1, 0.15) is 0 Å². The minimum atomic E-state index is -0.963. The van der Waals surface area contributed by atoms with Crippen LogP contribution in [-0.4, -0.2) is 47.4 Å². The lowest BCUT2D eigenvalue weighted by Gasteiger charge is -2.20. The number of amides is 2. The van der Waals surface area contributed by atoms with Crippen molar-refractivity contribution in [3.05, 3.63) is 71.3 Å². The van der Waals surface area contributed by atoms with Gasteiger partial charge in [-0.15, -0.1) is 0 Å². The van der Waals surface area contributed by atoms with Crippen LogP contribution < -0.4 is 5.32 Å². The van der Waals surface area contributed by atoms with Gasteiger partial charge in [0, 0.05) is 20.0 Å². The average Bonchev–Trinajstić information content (AvgIpc) is 2.66. The molecule has 0 fully saturated rings. The van der Waals surface area contributed by atoms with Crippen LogP contribution in [0.3, 0.4) is 0 Å². The molecule has 0 saturated carbocycles. The zero-order valence-corrected chi connectivity index (χ0v) is 15.4. The molecule has 0 aliphatic heterocycles. The van der Waals surface area contributed by atoms with Crippen molar-refractivity contribution < 1.29 is 19.5 Å². The summed E-state index contributed by atoms with van der Waals surface area (Å²) in [5, 5.41) is 11.7. The van der Waals surface area contributed by atoms with Crippen LogP contribution in [0.15, 0.2) is 54.6 Å². The van der Waals surface area contributed by atoms with Crippen LogP contribution in [0.25, 0.3) is 0 Å². The van der Waals surface area contributed by atoms with Gasteiger partial charge in [0.15, 0.2) is 0 Å². The molecular formula is C21H24N2O4. The summed E-state index contributed by atoms with van der Waals surface area (Å²) >= 11 is 0. The van der Waals surface area contributed by atoms with Crippen LogP contribution in [0.1, 0.15) is 28.4 Å². The summed E-state index contributed by atoms with van der Waals surface area (Å²) in [6.07, 6.45) is 1.29. The van der Waals surface area contributed by atoms with Crippen LogP contribution >= 0.6 is 0 Å². The molecule has 2 rings (SSSR count). The van der Waals surface area contributed by atoms with Crippen LogP contribution in [0.2, 0.25) is 0 Å². The fourth-order valence-electron chi connectivity index (χ4n) is 2.65. The van der Waals surface area contributed by atoms with Crippen molar-refractivity contribution in [3.63, 3.8) is 0 Å². The number of nitrogens with zero attached hydrogens (tertiary/aromatic N) is 1. The first-order chi connectivity index (χ1) is 13.0. The van der Waals surface area contributed by atoms with Gasteiger partial charge >= 0.3 is 5.97 Å². The summed E-state index contributed by atoms with van der Waals surface area (Å²) in [5.41, 5.74) is 2.29. The molecule has 0 saturated heterocycles. The third-order valence-corrected chi connectivity index (χ3v) is 4.23. The first-order valence-electron chi connectivity index (χ1n) is 8.84. The normalized spacial score (nSPS) is 10.3. The van der Waals surface area contributed by atoms with Crippen LogP contribution in [-0.2, 0) is 22.4 Å². The van der Waals surface area contributed by atoms with E-state index in [0.29, 0.717) is 25.9 Å². The molecule has 2 aromatic rings. The highest BCUT2D eigenvalue weighted by molar-refractivity contribution is 5.87. The Kier molecular flexibility index (Phi) is 7.55. The molecule has 0 heterocycles. The molecule has 0 radical (unpaired) electrons. The number of hydrogen-bond donors (Lipinski definition) is 2. The predicted octanol–water partition coefficient (Wildman–Crippen LogP) is 2.13. The van der Waals surface area contributed by atoms with Crippen molar-refractivity contribution in [1.82, 2.24) is 10.2 Å². The Morgan fingerprint density at radius 3 is 2.15 bits per heavy atom. The molecule has 6 heteroatoms. The molecule has 0 spiro atoms. The molecule has 2 aromatic carbocycles. The Morgan fingerprint density at radius 2 is 1.56 bits per heavy atom. The van der Waals surface area contributed by atoms with Crippen LogP contribution in [0.5, 0.6) is 0 Å². The number of hydrogen-bond acceptors (Lipinski definition) is 3. The van der Waals surface area contributed by atoms with Gasteiger partial charge in [-0.3, -0.25) is 9.59 Å². The van der Waals surface area contributed by atoms with E-state index < -0.39 is 5.97 Å². The highest BCUT2D eigenvalue weighted by atomic mass is 16.4. The Labute approximate surface area is 158 Å². The number of carbonyl (C=O) groups is 3. The lowest BCUT2D eigenvalue weighted by molar-refractivity contribution is -0.134. The molecular weight excluding hydrogens is 344 g/mol. The minimum Gasteiger partial charge on any atom is -0.478 e. The number of rotatable bonds is 9. The lowest BCUT2D eigenvalue weighted by atomic mass is 10.1. The van der Waals surface area contributed by atoms with E-state index in [-0.39, 0.29) is 23.9 Å². The lowest BCUT2D eigenvalue weighted by Crippen LogP contribution is -2.41. The molecule has 0 unspecified atom stereocenters. The Hall–Kier alpha value is -3.15. The second-order valence-electron chi connectivity index (χ2n) is 6.28. The SMILES string of the molecule is CC(=O)N(CCc1ccccc1)CC(=O)NCCc1ccc(C(=O)O)cc1. The Balaban J connectivity index is 1.76. The van der Waals surface area contributed by atoms with Crippen LogP contribution in [0, 0.1) is 0 Å². The van der Waals surface area contributed by atoms with E-state index in [1.165, 1.54) is 11.8 Å². The van der Waals surface area contributed by atoms with E-state index in [2.05, 4.69) is 5.32 Å². The van der Waals surface area contributed by atoms with Gasteiger partial charge in [-0.25, -0.2) is 4.79 Å². The maximum absolute atomic E-state index is 12.1. The number of carboxylic acid groups (broad SMARTS) is 1. The number of nitrogens with one attached hydrogen (secondary N) is 1. The monoisotopic (exact) mass is 368 g/mol. The summed E-state index contributed by atoms with van der Waals surface area (Å²) in [6.45, 7) is 2.40. The maximum atomic E-state index is 12.1. The van der Waals surface area contributed by atoms with E-state index in [0.717, 1.165) is 11.1 Å². The predicted molar refractivity (Wildman–Crippen MR) is 103 cm³/mol. The largest absolute Gasteiger partial charge is 0.478 e. The quantitative estimate of drug-likeness (QED) is 0.710. The molecule has 0 aliphatic rings. The summed E-state index contributed by atoms with van der Waals surface area (Å²) in [7, 11) is 0. The molecule has 2 amide bonds. The highest BCUT2D eigenvalue weighted by Crippen LogP contribution is 2.05. The summed E-state index contributed by atoms with van der Waals surface area (Å²) in [4.78, 5) is 36.3. The molecule has 0 bridgehead atoms. The first-order valence-corrected chi connectivity index (χ1v) is 8.84. The van der Waals surface area contributed by atoms with Crippen molar-refractivity contribution in [1.29, 1.82) is 0 Å². The van der Waals surface area contributed by atoms with Crippen molar-refractivity contribution >= 4 is 17.8 Å². The number of benzene rings is 2. The number of aromatic carboxylic acids is 1. The standard InChI is InChI=1S/C21H24N2O4/c1-16(24)23(14-12-17-5-3-2-4-6-17)15-20(25)22-13-11-18-7-9-19(10-8-18)21(26)27/h2-10H,11-15H2,1H3,(H,22,25)(H,26,27). The first kappa shape index (κ1) is 20.2. The third kappa shape index (κ3) is 6.93. The van der Waals surface area contributed by atoms with E-state index in [1.807, 2.05) is 30.3 Å². The summed E-state index contributed by atoms with van der Waals surface area (Å²) in [5.74, 6) is -1.31. The van der Waals surface area contributed by atoms with Crippen molar-refractivity contribution in [2.75, 3.05) is 19.6 Å². The smallest absolute Gasteiger partial charge is 0.335 e. The van der Waals surface area contributed by atoms with Crippen molar-refractivity contribution in [2.45, 2.75) is 19.8 Å². The zero-order chi connectivity index (χ0) is 19.6. The Morgan fingerprint density at radius 1 is 0.926 bits per heavy atom. The van der Waals surface area contributed by atoms with Gasteiger partial charge in [0.25, 0.3) is 0 Å². The van der Waals surface area contributed by atoms with Gasteiger partial charge in [0.2, 0.25) is 11.8 Å². The third-order valence-electron chi connectivity index (χ3n) is 4.23. The van der Waals surface area contributed by atoms with Crippen molar-refractivity contribution in [2.24, 2.45) is 0 Å². The molecule has 0 aliphatic carbocycles. The van der Waals surface area contributed by atoms with E-state index in [4.69, 9.17) is 5.11 Å². The summed E-state index contributed by atoms with van der Waals surface area (Å²) < 4.78 is 0.